The number of allylic oxidation sites excluding steroid dienone is 1. The quantitative estimate of drug-likeness (QED) is 0.221. The fourth-order valence-electron chi connectivity index (χ4n) is 5.65. The Kier molecular flexibility index (Phi) is 8.06. The molecule has 0 saturated heterocycles. The summed E-state index contributed by atoms with van der Waals surface area (Å²) < 4.78 is 21.0. The molecule has 1 saturated carbocycles. The Hall–Kier alpha value is -3.33. The van der Waals surface area contributed by atoms with Crippen molar-refractivity contribution in [2.75, 3.05) is 13.2 Å². The first-order valence-corrected chi connectivity index (χ1v) is 18.6. The van der Waals surface area contributed by atoms with Gasteiger partial charge in [0.25, 0.3) is 0 Å². The molecule has 3 aromatic rings. The molecule has 0 bridgehead atoms. The van der Waals surface area contributed by atoms with Gasteiger partial charge in [-0.15, -0.1) is 0 Å². The van der Waals surface area contributed by atoms with Gasteiger partial charge in [0.15, 0.2) is 0 Å². The van der Waals surface area contributed by atoms with Gasteiger partial charge in [-0.1, -0.05) is 50.0 Å². The van der Waals surface area contributed by atoms with Crippen molar-refractivity contribution in [3.05, 3.63) is 90.2 Å². The lowest BCUT2D eigenvalue weighted by molar-refractivity contribution is 0.0841. The van der Waals surface area contributed by atoms with Crippen LogP contribution in [-0.2, 0) is 17.9 Å². The minimum absolute atomic E-state index is 0.106. The van der Waals surface area contributed by atoms with E-state index in [4.69, 9.17) is 24.9 Å². The molecule has 6 rings (SSSR count). The molecule has 8 heteroatoms. The minimum atomic E-state index is -1.18. The van der Waals surface area contributed by atoms with Crippen molar-refractivity contribution in [2.45, 2.75) is 76.2 Å². The maximum atomic E-state index is 6.43. The van der Waals surface area contributed by atoms with Crippen molar-refractivity contribution < 1.29 is 14.2 Å². The van der Waals surface area contributed by atoms with Gasteiger partial charge in [-0.3, -0.25) is 0 Å². The van der Waals surface area contributed by atoms with Gasteiger partial charge in [0, 0.05) is 26.9 Å². The zero-order chi connectivity index (χ0) is 28.4. The Bertz CT molecular complexity index is 1410. The highest BCUT2D eigenvalue weighted by Gasteiger charge is 2.29. The van der Waals surface area contributed by atoms with Crippen molar-refractivity contribution in [2.24, 2.45) is 5.73 Å². The van der Waals surface area contributed by atoms with E-state index in [9.17, 15) is 0 Å². The van der Waals surface area contributed by atoms with E-state index < -0.39 is 8.07 Å². The van der Waals surface area contributed by atoms with Crippen molar-refractivity contribution >= 4 is 8.07 Å². The Labute approximate surface area is 244 Å². The number of ether oxygens (including phenoxy) is 3. The summed E-state index contributed by atoms with van der Waals surface area (Å²) >= 11 is 0. The largest absolute Gasteiger partial charge is 0.493 e. The molecule has 2 aromatic carbocycles. The van der Waals surface area contributed by atoms with E-state index >= 15 is 0 Å². The Morgan fingerprint density at radius 3 is 2.66 bits per heavy atom. The molecule has 0 amide bonds. The summed E-state index contributed by atoms with van der Waals surface area (Å²) in [5, 5.41) is 0. The molecule has 2 N–H and O–H groups in total. The molecule has 3 aliphatic rings. The summed E-state index contributed by atoms with van der Waals surface area (Å²) in [4.78, 5) is 7.16. The normalized spacial score (nSPS) is 20.7. The molecule has 0 radical (unpaired) electrons. The van der Waals surface area contributed by atoms with Crippen LogP contribution >= 0.6 is 0 Å². The van der Waals surface area contributed by atoms with Crippen molar-refractivity contribution in [3.63, 3.8) is 0 Å². The standard InChI is InChI=1S/C33H42N4O3Si/c1-41(2,3)17-16-38-23-37-30(24-8-5-4-6-9-24)21-35-33(37)26-18-25-19-28(12-13-31(25)39-22-26)40-29-14-15-36(32(34)20-29)27-10-7-11-27/h4-6,8-9,12-15,19-21,26-27,32H,7,10-11,16-18,22-23,34H2,1-3H3. The fourth-order valence-corrected chi connectivity index (χ4v) is 6.40. The number of hydrogen-bond acceptors (Lipinski definition) is 6. The van der Waals surface area contributed by atoms with Crippen molar-refractivity contribution in [1.82, 2.24) is 14.5 Å². The van der Waals surface area contributed by atoms with Crippen LogP contribution in [0.3, 0.4) is 0 Å². The maximum Gasteiger partial charge on any atom is 0.128 e. The third kappa shape index (κ3) is 6.45. The van der Waals surface area contributed by atoms with Crippen LogP contribution in [-0.4, -0.2) is 47.9 Å². The molecule has 41 heavy (non-hydrogen) atoms. The van der Waals surface area contributed by atoms with Crippen LogP contribution in [0.5, 0.6) is 11.5 Å². The van der Waals surface area contributed by atoms with Crippen molar-refractivity contribution in [3.8, 4) is 22.8 Å². The maximum absolute atomic E-state index is 6.43. The first kappa shape index (κ1) is 27.8. The highest BCUT2D eigenvalue weighted by atomic mass is 28.3. The predicted octanol–water partition coefficient (Wildman–Crippen LogP) is 6.51. The molecule has 2 aliphatic heterocycles. The second kappa shape index (κ2) is 11.9. The Morgan fingerprint density at radius 1 is 1.10 bits per heavy atom. The van der Waals surface area contributed by atoms with Gasteiger partial charge in [-0.2, -0.15) is 0 Å². The topological polar surface area (TPSA) is 74.8 Å². The SMILES string of the molecule is C[Si](C)(C)CCOCn1c(-c2ccccc2)cnc1C1COc2ccc(OC3=CC(N)N(C4CCC4)C=C3)cc2C1. The second-order valence-corrected chi connectivity index (χ2v) is 18.3. The summed E-state index contributed by atoms with van der Waals surface area (Å²) in [5.74, 6) is 3.57. The van der Waals surface area contributed by atoms with E-state index in [1.807, 2.05) is 36.5 Å². The zero-order valence-corrected chi connectivity index (χ0v) is 25.5. The lowest BCUT2D eigenvalue weighted by Crippen LogP contribution is -2.48. The summed E-state index contributed by atoms with van der Waals surface area (Å²) in [6.45, 7) is 8.95. The Balaban J connectivity index is 1.18. The van der Waals surface area contributed by atoms with Gasteiger partial charge in [0.2, 0.25) is 0 Å². The monoisotopic (exact) mass is 570 g/mol. The molecule has 7 nitrogen and oxygen atoms in total. The van der Waals surface area contributed by atoms with Crippen LogP contribution < -0.4 is 15.2 Å². The van der Waals surface area contributed by atoms with E-state index in [0.29, 0.717) is 19.4 Å². The summed E-state index contributed by atoms with van der Waals surface area (Å²) in [6.07, 6.45) is 12.4. The summed E-state index contributed by atoms with van der Waals surface area (Å²) in [5.41, 5.74) is 9.75. The number of nitrogens with two attached hydrogens (primary N) is 1. The van der Waals surface area contributed by atoms with Gasteiger partial charge in [-0.25, -0.2) is 4.98 Å². The van der Waals surface area contributed by atoms with E-state index in [2.05, 4.69) is 65.6 Å². The van der Waals surface area contributed by atoms with Crippen molar-refractivity contribution in [1.29, 1.82) is 0 Å². The van der Waals surface area contributed by atoms with Gasteiger partial charge < -0.3 is 29.4 Å². The molecule has 216 valence electrons. The second-order valence-electron chi connectivity index (χ2n) is 12.6. The number of rotatable bonds is 10. The van der Waals surface area contributed by atoms with Crippen LogP contribution in [0, 0.1) is 0 Å². The van der Waals surface area contributed by atoms with E-state index in [0.717, 1.165) is 59.0 Å². The zero-order valence-electron chi connectivity index (χ0n) is 24.5. The third-order valence-electron chi connectivity index (χ3n) is 8.30. The predicted molar refractivity (Wildman–Crippen MR) is 165 cm³/mol. The highest BCUT2D eigenvalue weighted by Crippen LogP contribution is 2.36. The third-order valence-corrected chi connectivity index (χ3v) is 10.0. The molecule has 1 fully saturated rings. The lowest BCUT2D eigenvalue weighted by Gasteiger charge is -2.41. The van der Waals surface area contributed by atoms with E-state index in [1.165, 1.54) is 19.3 Å². The van der Waals surface area contributed by atoms with Crippen LogP contribution in [0.4, 0.5) is 0 Å². The smallest absolute Gasteiger partial charge is 0.128 e. The van der Waals surface area contributed by atoms with Crippen LogP contribution in [0.1, 0.15) is 36.6 Å². The van der Waals surface area contributed by atoms with Crippen LogP contribution in [0.15, 0.2) is 78.8 Å². The first-order valence-electron chi connectivity index (χ1n) is 14.9. The van der Waals surface area contributed by atoms with E-state index in [-0.39, 0.29) is 12.1 Å². The molecule has 1 aliphatic carbocycles. The number of fused-ring (bicyclic) bond motifs is 1. The average molecular weight is 571 g/mol. The van der Waals surface area contributed by atoms with Crippen LogP contribution in [0.2, 0.25) is 25.7 Å². The minimum Gasteiger partial charge on any atom is -0.493 e. The molecular formula is C33H42N4O3Si. The highest BCUT2D eigenvalue weighted by molar-refractivity contribution is 6.76. The molecule has 2 unspecified atom stereocenters. The first-order chi connectivity index (χ1) is 19.8. The van der Waals surface area contributed by atoms with Gasteiger partial charge in [0.1, 0.15) is 29.8 Å². The van der Waals surface area contributed by atoms with E-state index in [1.54, 1.807) is 0 Å². The van der Waals surface area contributed by atoms with Crippen LogP contribution in [0.25, 0.3) is 11.3 Å². The fraction of sp³-hybridized carbons (Fsp3) is 0.424. The molecule has 1 aromatic heterocycles. The van der Waals surface area contributed by atoms with Gasteiger partial charge in [-0.05, 0) is 73.2 Å². The molecule has 0 spiro atoms. The Morgan fingerprint density at radius 2 is 1.93 bits per heavy atom. The lowest BCUT2D eigenvalue weighted by atomic mass is 9.91. The summed E-state index contributed by atoms with van der Waals surface area (Å²) in [6, 6.07) is 18.2. The number of aromatic nitrogens is 2. The van der Waals surface area contributed by atoms with Gasteiger partial charge >= 0.3 is 0 Å². The number of benzene rings is 2. The summed E-state index contributed by atoms with van der Waals surface area (Å²) in [7, 11) is -1.18. The number of nitrogens with zero attached hydrogens (tertiary/aromatic N) is 3. The molecular weight excluding hydrogens is 528 g/mol. The number of imidazole rings is 1. The van der Waals surface area contributed by atoms with Gasteiger partial charge in [0.05, 0.1) is 30.6 Å². The number of hydrogen-bond donors (Lipinski definition) is 1. The average Bonchev–Trinajstić information content (AvgIpc) is 3.35. The molecule has 2 atom stereocenters. The molecule has 3 heterocycles.